The van der Waals surface area contributed by atoms with Crippen LogP contribution in [0.3, 0.4) is 0 Å². The Hall–Kier alpha value is -3.65. The Morgan fingerprint density at radius 1 is 1.13 bits per heavy atom. The summed E-state index contributed by atoms with van der Waals surface area (Å²) in [6.07, 6.45) is 2.76. The number of hydrogen-bond donors (Lipinski definition) is 1. The standard InChI is InChI=1S/C22H17FN4O2S/c1-13-5-8-19(29-2)16(10-13)20-15(4-3-9-24-20)21(28)27-22-26-18(12-30-22)17-7-6-14(23)11-25-17/h3-12H,1-2H3,(H,26,27,28). The number of anilines is 1. The van der Waals surface area contributed by atoms with E-state index in [0.29, 0.717) is 33.5 Å². The first kappa shape index (κ1) is 19.7. The summed E-state index contributed by atoms with van der Waals surface area (Å²) in [5.74, 6) is -0.125. The van der Waals surface area contributed by atoms with Gasteiger partial charge in [0.2, 0.25) is 0 Å². The number of methoxy groups -OCH3 is 1. The van der Waals surface area contributed by atoms with Gasteiger partial charge in [-0.25, -0.2) is 9.37 Å². The third-order valence-electron chi connectivity index (χ3n) is 4.38. The van der Waals surface area contributed by atoms with Gasteiger partial charge in [0.15, 0.2) is 5.13 Å². The highest BCUT2D eigenvalue weighted by Crippen LogP contribution is 2.32. The molecule has 0 radical (unpaired) electrons. The highest BCUT2D eigenvalue weighted by atomic mass is 32.1. The van der Waals surface area contributed by atoms with E-state index in [1.54, 1.807) is 36.9 Å². The second kappa shape index (κ2) is 8.38. The Morgan fingerprint density at radius 2 is 2.00 bits per heavy atom. The van der Waals surface area contributed by atoms with E-state index in [9.17, 15) is 9.18 Å². The number of rotatable bonds is 5. The van der Waals surface area contributed by atoms with Gasteiger partial charge in [-0.05, 0) is 43.3 Å². The molecule has 0 saturated heterocycles. The zero-order chi connectivity index (χ0) is 21.1. The molecule has 0 aliphatic carbocycles. The van der Waals surface area contributed by atoms with E-state index >= 15 is 0 Å². The first-order valence-electron chi connectivity index (χ1n) is 9.04. The molecule has 3 heterocycles. The van der Waals surface area contributed by atoms with Gasteiger partial charge in [-0.1, -0.05) is 11.6 Å². The van der Waals surface area contributed by atoms with Crippen LogP contribution in [0.15, 0.2) is 60.2 Å². The van der Waals surface area contributed by atoms with E-state index in [1.807, 2.05) is 25.1 Å². The average molecular weight is 420 g/mol. The lowest BCUT2D eigenvalue weighted by Gasteiger charge is -2.12. The van der Waals surface area contributed by atoms with Crippen molar-refractivity contribution in [2.45, 2.75) is 6.92 Å². The molecule has 0 spiro atoms. The van der Waals surface area contributed by atoms with Gasteiger partial charge in [0.1, 0.15) is 17.3 Å². The summed E-state index contributed by atoms with van der Waals surface area (Å²) >= 11 is 1.26. The van der Waals surface area contributed by atoms with Gasteiger partial charge in [0, 0.05) is 17.1 Å². The van der Waals surface area contributed by atoms with Gasteiger partial charge in [-0.3, -0.25) is 20.1 Å². The number of aromatic nitrogens is 3. The fraction of sp³-hybridized carbons (Fsp3) is 0.0909. The van der Waals surface area contributed by atoms with Crippen LogP contribution in [0.25, 0.3) is 22.6 Å². The second-order valence-corrected chi connectivity index (χ2v) is 7.32. The molecule has 4 rings (SSSR count). The number of nitrogens with one attached hydrogen (secondary N) is 1. The summed E-state index contributed by atoms with van der Waals surface area (Å²) < 4.78 is 18.5. The first-order chi connectivity index (χ1) is 14.5. The van der Waals surface area contributed by atoms with Gasteiger partial charge in [-0.15, -0.1) is 11.3 Å². The molecule has 8 heteroatoms. The third kappa shape index (κ3) is 4.04. The summed E-state index contributed by atoms with van der Waals surface area (Å²) in [6.45, 7) is 1.96. The topological polar surface area (TPSA) is 77.0 Å². The maximum absolute atomic E-state index is 13.1. The molecule has 0 fully saturated rings. The van der Waals surface area contributed by atoms with Crippen LogP contribution in [0.1, 0.15) is 15.9 Å². The zero-order valence-corrected chi connectivity index (χ0v) is 17.0. The van der Waals surface area contributed by atoms with E-state index in [1.165, 1.54) is 17.4 Å². The van der Waals surface area contributed by atoms with E-state index in [0.717, 1.165) is 17.3 Å². The Morgan fingerprint density at radius 3 is 2.77 bits per heavy atom. The van der Waals surface area contributed by atoms with E-state index < -0.39 is 5.82 Å². The van der Waals surface area contributed by atoms with Crippen LogP contribution < -0.4 is 10.1 Å². The van der Waals surface area contributed by atoms with Crippen LogP contribution in [-0.4, -0.2) is 28.0 Å². The van der Waals surface area contributed by atoms with Crippen molar-refractivity contribution < 1.29 is 13.9 Å². The van der Waals surface area contributed by atoms with Crippen LogP contribution in [0, 0.1) is 12.7 Å². The smallest absolute Gasteiger partial charge is 0.259 e. The zero-order valence-electron chi connectivity index (χ0n) is 16.2. The third-order valence-corrected chi connectivity index (χ3v) is 5.13. The molecule has 0 atom stereocenters. The lowest BCUT2D eigenvalue weighted by molar-refractivity contribution is 0.102. The number of hydrogen-bond acceptors (Lipinski definition) is 6. The van der Waals surface area contributed by atoms with Gasteiger partial charge in [0.05, 0.1) is 30.3 Å². The number of pyridine rings is 2. The van der Waals surface area contributed by atoms with Gasteiger partial charge in [-0.2, -0.15) is 0 Å². The minimum Gasteiger partial charge on any atom is -0.496 e. The lowest BCUT2D eigenvalue weighted by atomic mass is 10.0. The number of benzene rings is 1. The fourth-order valence-corrected chi connectivity index (χ4v) is 3.65. The minimum atomic E-state index is -0.418. The lowest BCUT2D eigenvalue weighted by Crippen LogP contribution is -2.14. The number of aryl methyl sites for hydroxylation is 1. The normalized spacial score (nSPS) is 10.6. The molecule has 30 heavy (non-hydrogen) atoms. The Kier molecular flexibility index (Phi) is 5.49. The number of thiazole rings is 1. The number of nitrogens with zero attached hydrogens (tertiary/aromatic N) is 3. The van der Waals surface area contributed by atoms with Gasteiger partial charge < -0.3 is 4.74 Å². The molecule has 1 N–H and O–H groups in total. The SMILES string of the molecule is COc1ccc(C)cc1-c1ncccc1C(=O)Nc1nc(-c2ccc(F)cn2)cs1. The summed E-state index contributed by atoms with van der Waals surface area (Å²) in [5, 5.41) is 4.97. The molecule has 1 aromatic carbocycles. The predicted molar refractivity (Wildman–Crippen MR) is 114 cm³/mol. The van der Waals surface area contributed by atoms with Crippen molar-refractivity contribution >= 4 is 22.4 Å². The maximum atomic E-state index is 13.1. The molecule has 3 aromatic heterocycles. The van der Waals surface area contributed by atoms with E-state index in [4.69, 9.17) is 4.74 Å². The molecule has 0 saturated carbocycles. The quantitative estimate of drug-likeness (QED) is 0.493. The molecular weight excluding hydrogens is 403 g/mol. The minimum absolute atomic E-state index is 0.338. The molecule has 6 nitrogen and oxygen atoms in total. The summed E-state index contributed by atoms with van der Waals surface area (Å²) in [7, 11) is 1.58. The van der Waals surface area contributed by atoms with Gasteiger partial charge in [0.25, 0.3) is 5.91 Å². The summed E-state index contributed by atoms with van der Waals surface area (Å²) in [6, 6.07) is 12.0. The molecule has 0 bridgehead atoms. The number of amides is 1. The van der Waals surface area contributed by atoms with E-state index in [2.05, 4.69) is 20.3 Å². The molecule has 0 unspecified atom stereocenters. The Bertz CT molecular complexity index is 1210. The van der Waals surface area contributed by atoms with Gasteiger partial charge >= 0.3 is 0 Å². The predicted octanol–water partition coefficient (Wildman–Crippen LogP) is 4.98. The van der Waals surface area contributed by atoms with Crippen molar-refractivity contribution in [3.05, 3.63) is 77.2 Å². The monoisotopic (exact) mass is 420 g/mol. The fourth-order valence-electron chi connectivity index (χ4n) is 2.95. The van der Waals surface area contributed by atoms with Crippen LogP contribution in [0.4, 0.5) is 9.52 Å². The Labute approximate surface area is 176 Å². The van der Waals surface area contributed by atoms with Crippen LogP contribution >= 0.6 is 11.3 Å². The Balaban J connectivity index is 1.63. The highest BCUT2D eigenvalue weighted by molar-refractivity contribution is 7.14. The summed E-state index contributed by atoms with van der Waals surface area (Å²) in [4.78, 5) is 25.8. The molecular formula is C22H17FN4O2S. The number of carbonyl (C=O) groups is 1. The maximum Gasteiger partial charge on any atom is 0.259 e. The van der Waals surface area contributed by atoms with Crippen molar-refractivity contribution in [2.75, 3.05) is 12.4 Å². The van der Waals surface area contributed by atoms with Crippen molar-refractivity contribution in [1.29, 1.82) is 0 Å². The second-order valence-electron chi connectivity index (χ2n) is 6.46. The van der Waals surface area contributed by atoms with Crippen LogP contribution in [-0.2, 0) is 0 Å². The number of ether oxygens (including phenoxy) is 1. The van der Waals surface area contributed by atoms with Crippen molar-refractivity contribution in [2.24, 2.45) is 0 Å². The van der Waals surface area contributed by atoms with Crippen molar-refractivity contribution in [3.63, 3.8) is 0 Å². The van der Waals surface area contributed by atoms with Crippen LogP contribution in [0.5, 0.6) is 5.75 Å². The summed E-state index contributed by atoms with van der Waals surface area (Å²) in [5.41, 5.74) is 3.77. The van der Waals surface area contributed by atoms with Crippen molar-refractivity contribution in [1.82, 2.24) is 15.0 Å². The molecule has 0 aliphatic heterocycles. The largest absolute Gasteiger partial charge is 0.496 e. The van der Waals surface area contributed by atoms with Crippen molar-refractivity contribution in [3.8, 4) is 28.4 Å². The first-order valence-corrected chi connectivity index (χ1v) is 9.92. The molecule has 4 aromatic rings. The van der Waals surface area contributed by atoms with Crippen LogP contribution in [0.2, 0.25) is 0 Å². The molecule has 1 amide bonds. The molecule has 150 valence electrons. The number of halogens is 1. The number of carbonyl (C=O) groups excluding carboxylic acids is 1. The average Bonchev–Trinajstić information content (AvgIpc) is 3.22. The molecule has 0 aliphatic rings. The van der Waals surface area contributed by atoms with E-state index in [-0.39, 0.29) is 5.91 Å². The highest BCUT2D eigenvalue weighted by Gasteiger charge is 2.18.